The van der Waals surface area contributed by atoms with Crippen LogP contribution in [-0.4, -0.2) is 56.3 Å². The van der Waals surface area contributed by atoms with Gasteiger partial charge in [0.2, 0.25) is 10.0 Å². The van der Waals surface area contributed by atoms with E-state index in [2.05, 4.69) is 34.1 Å². The summed E-state index contributed by atoms with van der Waals surface area (Å²) in [6.07, 6.45) is 9.51. The number of imidazole rings is 1. The van der Waals surface area contributed by atoms with Crippen LogP contribution in [0.2, 0.25) is 0 Å². The van der Waals surface area contributed by atoms with Crippen LogP contribution < -0.4 is 9.46 Å². The minimum absolute atomic E-state index is 0.163. The van der Waals surface area contributed by atoms with Crippen molar-refractivity contribution in [2.45, 2.75) is 47.9 Å². The zero-order chi connectivity index (χ0) is 31.3. The van der Waals surface area contributed by atoms with Crippen LogP contribution in [0.5, 0.6) is 5.75 Å². The standard InChI is InChI=1S/C35H38N4O4S2/c1-36-34(44-25-26-13-16-29(42-2)17-14-26)35(28-15-18-33-37-20-22-39(33)24-28)19-6-5-12-32(35)43-23-21-38-45(40,41)31-11-7-9-27-8-3-4-10-30(27)31/h3-4,7-11,13-18,20,22,24,32,38H,5-6,12,19,21,23,25H2,1-2H3/b36-34+. The van der Waals surface area contributed by atoms with Gasteiger partial charge in [-0.2, -0.15) is 0 Å². The highest BCUT2D eigenvalue weighted by molar-refractivity contribution is 8.13. The molecule has 2 unspecified atom stereocenters. The third-order valence-electron chi connectivity index (χ3n) is 8.61. The molecule has 234 valence electrons. The summed E-state index contributed by atoms with van der Waals surface area (Å²) >= 11 is 1.73. The van der Waals surface area contributed by atoms with Crippen LogP contribution in [0.1, 0.15) is 36.8 Å². The topological polar surface area (TPSA) is 94.3 Å². The number of ether oxygens (including phenoxy) is 2. The molecule has 0 amide bonds. The number of nitrogens with zero attached hydrogens (tertiary/aromatic N) is 3. The normalized spacial score (nSPS) is 19.2. The van der Waals surface area contributed by atoms with Crippen LogP contribution >= 0.6 is 11.8 Å². The fourth-order valence-electron chi connectivity index (χ4n) is 6.40. The van der Waals surface area contributed by atoms with Gasteiger partial charge < -0.3 is 13.9 Å². The third kappa shape index (κ3) is 6.51. The Hall–Kier alpha value is -3.70. The van der Waals surface area contributed by atoms with Gasteiger partial charge in [-0.25, -0.2) is 18.1 Å². The highest BCUT2D eigenvalue weighted by Gasteiger charge is 2.47. The maximum atomic E-state index is 13.4. The van der Waals surface area contributed by atoms with Crippen molar-refractivity contribution in [2.75, 3.05) is 27.3 Å². The van der Waals surface area contributed by atoms with Crippen LogP contribution in [0.3, 0.4) is 0 Å². The van der Waals surface area contributed by atoms with Gasteiger partial charge in [0, 0.05) is 43.3 Å². The Bertz CT molecular complexity index is 1900. The van der Waals surface area contributed by atoms with Crippen molar-refractivity contribution in [3.05, 3.63) is 109 Å². The van der Waals surface area contributed by atoms with Gasteiger partial charge in [0.25, 0.3) is 0 Å². The zero-order valence-corrected chi connectivity index (χ0v) is 27.2. The van der Waals surface area contributed by atoms with E-state index in [-0.39, 0.29) is 24.2 Å². The average molecular weight is 643 g/mol. The maximum absolute atomic E-state index is 13.4. The lowest BCUT2D eigenvalue weighted by Gasteiger charge is -2.45. The average Bonchev–Trinajstić information content (AvgIpc) is 3.56. The summed E-state index contributed by atoms with van der Waals surface area (Å²) in [5.74, 6) is 1.58. The lowest BCUT2D eigenvalue weighted by molar-refractivity contribution is -0.00166. The van der Waals surface area contributed by atoms with E-state index in [1.807, 2.05) is 66.2 Å². The van der Waals surface area contributed by atoms with Gasteiger partial charge in [0.15, 0.2) is 0 Å². The fraction of sp³-hybridized carbons (Fsp3) is 0.314. The monoisotopic (exact) mass is 642 g/mol. The Balaban J connectivity index is 1.25. The van der Waals surface area contributed by atoms with E-state index in [0.717, 1.165) is 58.8 Å². The molecule has 1 aliphatic carbocycles. The molecule has 0 radical (unpaired) electrons. The van der Waals surface area contributed by atoms with Crippen molar-refractivity contribution in [1.29, 1.82) is 0 Å². The molecule has 0 spiro atoms. The van der Waals surface area contributed by atoms with Crippen LogP contribution in [0.15, 0.2) is 107 Å². The number of rotatable bonds is 11. The molecular weight excluding hydrogens is 605 g/mol. The number of sulfonamides is 1. The molecule has 1 saturated carbocycles. The van der Waals surface area contributed by atoms with Crippen molar-refractivity contribution in [1.82, 2.24) is 14.1 Å². The van der Waals surface area contributed by atoms with E-state index < -0.39 is 15.4 Å². The van der Waals surface area contributed by atoms with Crippen molar-refractivity contribution in [2.24, 2.45) is 4.99 Å². The van der Waals surface area contributed by atoms with E-state index in [1.165, 1.54) is 5.56 Å². The summed E-state index contributed by atoms with van der Waals surface area (Å²) in [4.78, 5) is 9.63. The van der Waals surface area contributed by atoms with Gasteiger partial charge in [-0.1, -0.05) is 67.4 Å². The highest BCUT2D eigenvalue weighted by Crippen LogP contribution is 2.46. The summed E-state index contributed by atoms with van der Waals surface area (Å²) in [6, 6.07) is 25.2. The molecule has 45 heavy (non-hydrogen) atoms. The van der Waals surface area contributed by atoms with Crippen molar-refractivity contribution >= 4 is 43.2 Å². The molecule has 2 heterocycles. The summed E-state index contributed by atoms with van der Waals surface area (Å²) in [5, 5.41) is 2.60. The molecule has 1 fully saturated rings. The third-order valence-corrected chi connectivity index (χ3v) is 11.4. The van der Waals surface area contributed by atoms with Crippen molar-refractivity contribution < 1.29 is 17.9 Å². The van der Waals surface area contributed by atoms with Crippen LogP contribution in [0, 0.1) is 0 Å². The predicted molar refractivity (Wildman–Crippen MR) is 182 cm³/mol. The minimum Gasteiger partial charge on any atom is -0.497 e. The Morgan fingerprint density at radius 1 is 1.07 bits per heavy atom. The van der Waals surface area contributed by atoms with Crippen LogP contribution in [-0.2, 0) is 25.9 Å². The molecule has 0 bridgehead atoms. The van der Waals surface area contributed by atoms with Gasteiger partial charge in [0.05, 0.1) is 35.2 Å². The Labute approximate surface area is 268 Å². The van der Waals surface area contributed by atoms with Crippen molar-refractivity contribution in [3.8, 4) is 5.75 Å². The van der Waals surface area contributed by atoms with Gasteiger partial charge >= 0.3 is 0 Å². The molecule has 6 rings (SSSR count). The Morgan fingerprint density at radius 3 is 2.71 bits per heavy atom. The summed E-state index contributed by atoms with van der Waals surface area (Å²) in [7, 11) is -0.201. The highest BCUT2D eigenvalue weighted by atomic mass is 32.2. The molecule has 0 aliphatic heterocycles. The first-order valence-electron chi connectivity index (χ1n) is 15.2. The number of hydrogen-bond donors (Lipinski definition) is 1. The minimum atomic E-state index is -3.73. The molecule has 1 aliphatic rings. The SMILES string of the molecule is C/N=C(/SCc1ccc(OC)cc1)C1(c2ccc3nccn3c2)CCCCC1OCCNS(=O)(=O)c1cccc2ccccc12. The molecule has 2 atom stereocenters. The smallest absolute Gasteiger partial charge is 0.241 e. The van der Waals surface area contributed by atoms with E-state index >= 15 is 0 Å². The number of fused-ring (bicyclic) bond motifs is 2. The molecular formula is C35H38N4O4S2. The molecule has 3 aromatic carbocycles. The van der Waals surface area contributed by atoms with E-state index in [1.54, 1.807) is 37.2 Å². The summed E-state index contributed by atoms with van der Waals surface area (Å²) < 4.78 is 43.5. The molecule has 2 aromatic heterocycles. The van der Waals surface area contributed by atoms with Crippen molar-refractivity contribution in [3.63, 3.8) is 0 Å². The molecule has 8 nitrogen and oxygen atoms in total. The van der Waals surface area contributed by atoms with Gasteiger partial charge in [0.1, 0.15) is 11.4 Å². The second-order valence-electron chi connectivity index (χ2n) is 11.2. The lowest BCUT2D eigenvalue weighted by Crippen LogP contribution is -2.50. The Morgan fingerprint density at radius 2 is 1.89 bits per heavy atom. The lowest BCUT2D eigenvalue weighted by atomic mass is 9.68. The van der Waals surface area contributed by atoms with Gasteiger partial charge in [-0.15, -0.1) is 11.8 Å². The van der Waals surface area contributed by atoms with Crippen LogP contribution in [0.4, 0.5) is 0 Å². The summed E-state index contributed by atoms with van der Waals surface area (Å²) in [5.41, 5.74) is 2.69. The predicted octanol–water partition coefficient (Wildman–Crippen LogP) is 6.63. The second-order valence-corrected chi connectivity index (χ2v) is 13.9. The molecule has 5 aromatic rings. The number of methoxy groups -OCH3 is 1. The largest absolute Gasteiger partial charge is 0.497 e. The Kier molecular flexibility index (Phi) is 9.56. The van der Waals surface area contributed by atoms with Gasteiger partial charge in [-0.05, 0) is 53.6 Å². The van der Waals surface area contributed by atoms with Crippen LogP contribution in [0.25, 0.3) is 16.4 Å². The zero-order valence-electron chi connectivity index (χ0n) is 25.6. The number of nitrogens with one attached hydrogen (secondary N) is 1. The number of aliphatic imine (C=N–C) groups is 1. The first kappa shape index (κ1) is 31.3. The molecule has 1 N–H and O–H groups in total. The van der Waals surface area contributed by atoms with Gasteiger partial charge in [-0.3, -0.25) is 4.99 Å². The van der Waals surface area contributed by atoms with E-state index in [9.17, 15) is 8.42 Å². The second kappa shape index (κ2) is 13.7. The fourth-order valence-corrected chi connectivity index (χ4v) is 8.87. The first-order chi connectivity index (χ1) is 21.9. The first-order valence-corrected chi connectivity index (χ1v) is 17.7. The summed E-state index contributed by atoms with van der Waals surface area (Å²) in [6.45, 7) is 0.403. The number of pyridine rings is 1. The quantitative estimate of drug-likeness (QED) is 0.0988. The van der Waals surface area contributed by atoms with E-state index in [4.69, 9.17) is 14.5 Å². The number of benzene rings is 3. The van der Waals surface area contributed by atoms with E-state index in [0.29, 0.717) is 5.39 Å². The number of hydrogen-bond acceptors (Lipinski definition) is 7. The molecule has 10 heteroatoms. The molecule has 0 saturated heterocycles. The number of aromatic nitrogens is 2. The number of thioether (sulfide) groups is 1. The maximum Gasteiger partial charge on any atom is 0.241 e.